The molecule has 0 atom stereocenters. The number of hydrogen-bond acceptors (Lipinski definition) is 5. The number of benzene rings is 1. The van der Waals surface area contributed by atoms with E-state index in [1.807, 2.05) is 18.2 Å². The summed E-state index contributed by atoms with van der Waals surface area (Å²) in [6.07, 6.45) is 1.57. The fourth-order valence-electron chi connectivity index (χ4n) is 2.32. The van der Waals surface area contributed by atoms with Crippen LogP contribution in [0, 0.1) is 0 Å². The summed E-state index contributed by atoms with van der Waals surface area (Å²) < 4.78 is 6.43. The van der Waals surface area contributed by atoms with Crippen molar-refractivity contribution in [3.05, 3.63) is 71.1 Å². The average molecular weight is 336 g/mol. The van der Waals surface area contributed by atoms with Crippen molar-refractivity contribution in [3.63, 3.8) is 0 Å². The number of rotatable bonds is 5. The van der Waals surface area contributed by atoms with Crippen LogP contribution in [0.25, 0.3) is 11.3 Å². The third kappa shape index (κ3) is 3.89. The summed E-state index contributed by atoms with van der Waals surface area (Å²) in [5, 5.41) is 6.90. The van der Waals surface area contributed by atoms with Crippen LogP contribution in [0.5, 0.6) is 5.75 Å². The first-order valence-corrected chi connectivity index (χ1v) is 7.60. The summed E-state index contributed by atoms with van der Waals surface area (Å²) in [6.45, 7) is -0.210. The number of aromatic nitrogens is 3. The van der Waals surface area contributed by atoms with E-state index in [0.717, 1.165) is 10.2 Å². The number of methoxy groups -OCH3 is 1. The molecular weight excluding hydrogens is 320 g/mol. The number of pyridine rings is 1. The molecule has 7 nitrogen and oxygen atoms in total. The average Bonchev–Trinajstić information content (AvgIpc) is 2.64. The second-order valence-corrected chi connectivity index (χ2v) is 5.18. The molecule has 0 saturated carbocycles. The second-order valence-electron chi connectivity index (χ2n) is 5.18. The highest BCUT2D eigenvalue weighted by Gasteiger charge is 2.11. The summed E-state index contributed by atoms with van der Waals surface area (Å²) in [6, 6.07) is 15.5. The molecule has 2 heterocycles. The van der Waals surface area contributed by atoms with Gasteiger partial charge in [0.25, 0.3) is 5.56 Å². The molecule has 1 aromatic carbocycles. The number of para-hydroxylation sites is 1. The monoisotopic (exact) mass is 336 g/mol. The van der Waals surface area contributed by atoms with Gasteiger partial charge in [0.15, 0.2) is 0 Å². The SMILES string of the molecule is COc1ccccc1-c1ccc(=O)n(CC(=O)Nc2ccccn2)n1. The molecule has 0 aliphatic carbocycles. The lowest BCUT2D eigenvalue weighted by molar-refractivity contribution is -0.117. The van der Waals surface area contributed by atoms with Gasteiger partial charge < -0.3 is 10.1 Å². The van der Waals surface area contributed by atoms with Gasteiger partial charge >= 0.3 is 0 Å². The van der Waals surface area contributed by atoms with E-state index in [-0.39, 0.29) is 18.0 Å². The molecule has 25 heavy (non-hydrogen) atoms. The van der Waals surface area contributed by atoms with E-state index in [9.17, 15) is 9.59 Å². The van der Waals surface area contributed by atoms with Crippen LogP contribution in [-0.4, -0.2) is 27.8 Å². The van der Waals surface area contributed by atoms with Gasteiger partial charge in [0, 0.05) is 17.8 Å². The van der Waals surface area contributed by atoms with Crippen LogP contribution < -0.4 is 15.6 Å². The van der Waals surface area contributed by atoms with Crippen LogP contribution in [0.3, 0.4) is 0 Å². The predicted octanol–water partition coefficient (Wildman–Crippen LogP) is 1.95. The molecule has 1 N–H and O–H groups in total. The maximum atomic E-state index is 12.1. The van der Waals surface area contributed by atoms with Crippen LogP contribution in [-0.2, 0) is 11.3 Å². The fraction of sp³-hybridized carbons (Fsp3) is 0.111. The molecule has 2 aromatic heterocycles. The van der Waals surface area contributed by atoms with Crippen LogP contribution in [0.4, 0.5) is 5.82 Å². The number of nitrogens with zero attached hydrogens (tertiary/aromatic N) is 3. The molecule has 0 radical (unpaired) electrons. The molecular formula is C18H16N4O3. The van der Waals surface area contributed by atoms with Crippen molar-refractivity contribution >= 4 is 11.7 Å². The molecule has 0 fully saturated rings. The van der Waals surface area contributed by atoms with Gasteiger partial charge in [-0.2, -0.15) is 5.10 Å². The highest BCUT2D eigenvalue weighted by molar-refractivity contribution is 5.89. The minimum absolute atomic E-state index is 0.210. The quantitative estimate of drug-likeness (QED) is 0.770. The second kappa shape index (κ2) is 7.39. The molecule has 0 aliphatic heterocycles. The van der Waals surface area contributed by atoms with Gasteiger partial charge in [0.1, 0.15) is 18.1 Å². The van der Waals surface area contributed by atoms with E-state index < -0.39 is 0 Å². The van der Waals surface area contributed by atoms with E-state index >= 15 is 0 Å². The van der Waals surface area contributed by atoms with Gasteiger partial charge in [-0.05, 0) is 30.3 Å². The highest BCUT2D eigenvalue weighted by Crippen LogP contribution is 2.27. The summed E-state index contributed by atoms with van der Waals surface area (Å²) >= 11 is 0. The maximum absolute atomic E-state index is 12.1. The lowest BCUT2D eigenvalue weighted by Gasteiger charge is -2.10. The summed E-state index contributed by atoms with van der Waals surface area (Å²) in [5.74, 6) is 0.671. The standard InChI is InChI=1S/C18H16N4O3/c1-25-15-7-3-2-6-13(15)14-9-10-18(24)22(21-14)12-17(23)20-16-8-4-5-11-19-16/h2-11H,12H2,1H3,(H,19,20,23). The summed E-state index contributed by atoms with van der Waals surface area (Å²) in [7, 11) is 1.56. The first-order chi connectivity index (χ1) is 12.2. The van der Waals surface area contributed by atoms with Gasteiger partial charge in [0.2, 0.25) is 5.91 Å². The lowest BCUT2D eigenvalue weighted by atomic mass is 10.1. The smallest absolute Gasteiger partial charge is 0.267 e. The Morgan fingerprint density at radius 3 is 2.68 bits per heavy atom. The zero-order valence-corrected chi connectivity index (χ0v) is 13.5. The van der Waals surface area contributed by atoms with Gasteiger partial charge in [-0.1, -0.05) is 18.2 Å². The van der Waals surface area contributed by atoms with E-state index in [1.54, 1.807) is 43.6 Å². The van der Waals surface area contributed by atoms with E-state index in [0.29, 0.717) is 17.3 Å². The normalized spacial score (nSPS) is 10.3. The Balaban J connectivity index is 1.85. The van der Waals surface area contributed by atoms with Gasteiger partial charge in [-0.3, -0.25) is 9.59 Å². The summed E-state index contributed by atoms with van der Waals surface area (Å²) in [5.41, 5.74) is 0.918. The number of hydrogen-bond donors (Lipinski definition) is 1. The van der Waals surface area contributed by atoms with Crippen molar-refractivity contribution in [2.24, 2.45) is 0 Å². The Hall–Kier alpha value is -3.48. The summed E-state index contributed by atoms with van der Waals surface area (Å²) in [4.78, 5) is 28.2. The molecule has 1 amide bonds. The van der Waals surface area contributed by atoms with Gasteiger partial charge in [-0.15, -0.1) is 0 Å². The zero-order chi connectivity index (χ0) is 17.6. The predicted molar refractivity (Wildman–Crippen MR) is 93.4 cm³/mol. The lowest BCUT2D eigenvalue weighted by Crippen LogP contribution is -2.29. The number of nitrogens with one attached hydrogen (secondary N) is 1. The molecule has 0 spiro atoms. The van der Waals surface area contributed by atoms with Crippen LogP contribution in [0.15, 0.2) is 65.6 Å². The molecule has 7 heteroatoms. The maximum Gasteiger partial charge on any atom is 0.267 e. The molecule has 0 saturated heterocycles. The van der Waals surface area contributed by atoms with Crippen LogP contribution >= 0.6 is 0 Å². The van der Waals surface area contributed by atoms with E-state index in [4.69, 9.17) is 4.74 Å². The Kier molecular flexibility index (Phi) is 4.84. The van der Waals surface area contributed by atoms with Crippen molar-refractivity contribution < 1.29 is 9.53 Å². The fourth-order valence-corrected chi connectivity index (χ4v) is 2.32. The van der Waals surface area contributed by atoms with Gasteiger partial charge in [-0.25, -0.2) is 9.67 Å². The van der Waals surface area contributed by atoms with Gasteiger partial charge in [0.05, 0.1) is 12.8 Å². The third-order valence-electron chi connectivity index (χ3n) is 3.48. The highest BCUT2D eigenvalue weighted by atomic mass is 16.5. The molecule has 0 bridgehead atoms. The first-order valence-electron chi connectivity index (χ1n) is 7.60. The van der Waals surface area contributed by atoms with E-state index in [2.05, 4.69) is 15.4 Å². The zero-order valence-electron chi connectivity index (χ0n) is 13.5. The van der Waals surface area contributed by atoms with Crippen LogP contribution in [0.2, 0.25) is 0 Å². The third-order valence-corrected chi connectivity index (χ3v) is 3.48. The number of amides is 1. The molecule has 0 unspecified atom stereocenters. The molecule has 0 aliphatic rings. The van der Waals surface area contributed by atoms with E-state index in [1.165, 1.54) is 6.07 Å². The number of carbonyl (C=O) groups is 1. The Morgan fingerprint density at radius 1 is 1.12 bits per heavy atom. The van der Waals surface area contributed by atoms with Crippen molar-refractivity contribution in [2.45, 2.75) is 6.54 Å². The van der Waals surface area contributed by atoms with Crippen molar-refractivity contribution in [1.82, 2.24) is 14.8 Å². The largest absolute Gasteiger partial charge is 0.496 e. The van der Waals surface area contributed by atoms with Crippen molar-refractivity contribution in [3.8, 4) is 17.0 Å². The minimum atomic E-state index is -0.384. The first kappa shape index (κ1) is 16.4. The Bertz CT molecular complexity index is 938. The molecule has 3 aromatic rings. The Labute approximate surface area is 143 Å². The number of carbonyl (C=O) groups excluding carboxylic acids is 1. The topological polar surface area (TPSA) is 86.1 Å². The van der Waals surface area contributed by atoms with Crippen LogP contribution in [0.1, 0.15) is 0 Å². The Morgan fingerprint density at radius 2 is 1.92 bits per heavy atom. The minimum Gasteiger partial charge on any atom is -0.496 e. The number of ether oxygens (including phenoxy) is 1. The molecule has 3 rings (SSSR count). The molecule has 126 valence electrons. The number of anilines is 1. The van der Waals surface area contributed by atoms with Crippen molar-refractivity contribution in [1.29, 1.82) is 0 Å². The van der Waals surface area contributed by atoms with Crippen molar-refractivity contribution in [2.75, 3.05) is 12.4 Å².